The van der Waals surface area contributed by atoms with Gasteiger partial charge in [-0.15, -0.1) is 11.8 Å². The van der Waals surface area contributed by atoms with Crippen molar-refractivity contribution in [2.75, 3.05) is 17.2 Å². The van der Waals surface area contributed by atoms with Crippen molar-refractivity contribution in [3.63, 3.8) is 0 Å². The maximum Gasteiger partial charge on any atom is 0.272 e. The molecule has 0 saturated carbocycles. The number of thiazole rings is 1. The lowest BCUT2D eigenvalue weighted by Crippen LogP contribution is -2.30. The van der Waals surface area contributed by atoms with Gasteiger partial charge in [0.15, 0.2) is 5.13 Å². The van der Waals surface area contributed by atoms with Crippen LogP contribution in [-0.4, -0.2) is 34.6 Å². The van der Waals surface area contributed by atoms with Crippen LogP contribution in [0.2, 0.25) is 5.02 Å². The van der Waals surface area contributed by atoms with Crippen LogP contribution in [0, 0.1) is 5.82 Å². The fraction of sp³-hybridized carbons (Fsp3) is 0.143. The van der Waals surface area contributed by atoms with Crippen LogP contribution in [0.4, 0.5) is 15.2 Å². The summed E-state index contributed by atoms with van der Waals surface area (Å²) in [5, 5.41) is 8.40. The molecule has 12 heteroatoms. The first-order valence-electron chi connectivity index (χ1n) is 14.7. The summed E-state index contributed by atoms with van der Waals surface area (Å²) in [6, 6.07) is 25.0. The molecule has 3 N–H and O–H groups in total. The Morgan fingerprint density at radius 2 is 1.77 bits per heavy atom. The Kier molecular flexibility index (Phi) is 11.3. The molecule has 0 spiro atoms. The van der Waals surface area contributed by atoms with Gasteiger partial charge in [-0.05, 0) is 80.1 Å². The lowest BCUT2D eigenvalue weighted by molar-refractivity contribution is -0.116. The van der Waals surface area contributed by atoms with Gasteiger partial charge in [-0.2, -0.15) is 0 Å². The maximum atomic E-state index is 14.7. The van der Waals surface area contributed by atoms with Crippen molar-refractivity contribution in [1.82, 2.24) is 10.3 Å². The van der Waals surface area contributed by atoms with E-state index >= 15 is 0 Å². The van der Waals surface area contributed by atoms with Crippen molar-refractivity contribution in [1.29, 1.82) is 0 Å². The third-order valence-electron chi connectivity index (χ3n) is 6.75. The number of halogens is 2. The average Bonchev–Trinajstić information content (AvgIpc) is 3.47. The molecule has 0 fully saturated rings. The van der Waals surface area contributed by atoms with E-state index in [9.17, 15) is 18.8 Å². The van der Waals surface area contributed by atoms with Gasteiger partial charge in [-0.1, -0.05) is 60.2 Å². The zero-order valence-corrected chi connectivity index (χ0v) is 27.8. The second kappa shape index (κ2) is 15.7. The highest BCUT2D eigenvalue weighted by Crippen LogP contribution is 2.32. The number of aromatic nitrogens is 1. The predicted octanol–water partition coefficient (Wildman–Crippen LogP) is 8.41. The number of hydrogen-bond donors (Lipinski definition) is 3. The lowest BCUT2D eigenvalue weighted by atomic mass is 10.1. The van der Waals surface area contributed by atoms with E-state index in [0.717, 1.165) is 20.9 Å². The standard InChI is InChI=1S/C35H30ClFN4O4S2/c1-3-30(34(44)41-35-40-28-17-16-23(45-4-2)19-31(28)47-35)46-24-13-8-12-22(18-24)38-33(43)29(20-25-26(36)14-9-15-27(25)37)39-32(42)21-10-6-5-7-11-21/h5-20,30H,3-4H2,1-2H3,(H,38,43)(H,39,42)(H,40,41,44)/b29-20+. The highest BCUT2D eigenvalue weighted by molar-refractivity contribution is 8.00. The molecule has 5 rings (SSSR count). The summed E-state index contributed by atoms with van der Waals surface area (Å²) in [5.41, 5.74) is 1.24. The van der Waals surface area contributed by atoms with Gasteiger partial charge >= 0.3 is 0 Å². The minimum atomic E-state index is -0.691. The molecule has 1 unspecified atom stereocenters. The Hall–Kier alpha value is -4.71. The summed E-state index contributed by atoms with van der Waals surface area (Å²) < 4.78 is 21.1. The molecule has 0 bridgehead atoms. The summed E-state index contributed by atoms with van der Waals surface area (Å²) in [5.74, 6) is -1.35. The number of amides is 3. The van der Waals surface area contributed by atoms with Gasteiger partial charge < -0.3 is 20.7 Å². The molecule has 1 heterocycles. The Labute approximate surface area is 284 Å². The minimum Gasteiger partial charge on any atom is -0.494 e. The number of nitrogens with zero attached hydrogens (tertiary/aromatic N) is 1. The third kappa shape index (κ3) is 8.76. The van der Waals surface area contributed by atoms with E-state index in [1.54, 1.807) is 48.5 Å². The topological polar surface area (TPSA) is 109 Å². The van der Waals surface area contributed by atoms with Gasteiger partial charge in [0.2, 0.25) is 5.91 Å². The number of anilines is 2. The van der Waals surface area contributed by atoms with Crippen LogP contribution < -0.4 is 20.7 Å². The van der Waals surface area contributed by atoms with Gasteiger partial charge in [0.05, 0.1) is 27.1 Å². The van der Waals surface area contributed by atoms with E-state index < -0.39 is 22.9 Å². The molecule has 5 aromatic rings. The van der Waals surface area contributed by atoms with Gasteiger partial charge in [-0.3, -0.25) is 14.4 Å². The molecule has 0 aliphatic heterocycles. The Bertz CT molecular complexity index is 1930. The van der Waals surface area contributed by atoms with E-state index in [2.05, 4.69) is 20.9 Å². The number of carbonyl (C=O) groups is 3. The lowest BCUT2D eigenvalue weighted by Gasteiger charge is -2.15. The van der Waals surface area contributed by atoms with Crippen molar-refractivity contribution in [3.8, 4) is 5.75 Å². The number of nitrogens with one attached hydrogen (secondary N) is 3. The number of carbonyl (C=O) groups excluding carboxylic acids is 3. The molecule has 47 heavy (non-hydrogen) atoms. The average molecular weight is 689 g/mol. The van der Waals surface area contributed by atoms with Crippen molar-refractivity contribution >= 4 is 79.5 Å². The van der Waals surface area contributed by atoms with Gasteiger partial charge in [-0.25, -0.2) is 9.37 Å². The first kappa shape index (κ1) is 33.6. The molecular formula is C35H30ClFN4O4S2. The smallest absolute Gasteiger partial charge is 0.272 e. The molecular weight excluding hydrogens is 659 g/mol. The Morgan fingerprint density at radius 1 is 0.979 bits per heavy atom. The number of hydrogen-bond acceptors (Lipinski definition) is 7. The van der Waals surface area contributed by atoms with Gasteiger partial charge in [0.1, 0.15) is 17.3 Å². The monoisotopic (exact) mass is 688 g/mol. The van der Waals surface area contributed by atoms with Crippen LogP contribution in [0.5, 0.6) is 5.75 Å². The SMILES string of the molecule is CCOc1ccc2nc(NC(=O)C(CC)Sc3cccc(NC(=O)/C(=C\c4c(F)cccc4Cl)NC(=O)c4ccccc4)c3)sc2c1. The largest absolute Gasteiger partial charge is 0.494 e. The van der Waals surface area contributed by atoms with Crippen molar-refractivity contribution in [2.45, 2.75) is 30.4 Å². The van der Waals surface area contributed by atoms with E-state index in [4.69, 9.17) is 16.3 Å². The molecule has 0 radical (unpaired) electrons. The van der Waals surface area contributed by atoms with Crippen LogP contribution in [0.25, 0.3) is 16.3 Å². The fourth-order valence-electron chi connectivity index (χ4n) is 4.47. The molecule has 0 saturated heterocycles. The van der Waals surface area contributed by atoms with Crippen LogP contribution in [0.1, 0.15) is 36.2 Å². The first-order valence-corrected chi connectivity index (χ1v) is 16.8. The fourth-order valence-corrected chi connectivity index (χ4v) is 6.60. The number of fused-ring (bicyclic) bond motifs is 1. The van der Waals surface area contributed by atoms with Crippen LogP contribution in [0.3, 0.4) is 0 Å². The van der Waals surface area contributed by atoms with Gasteiger partial charge in [0.25, 0.3) is 11.8 Å². The Morgan fingerprint density at radius 3 is 2.51 bits per heavy atom. The first-order chi connectivity index (χ1) is 22.7. The van der Waals surface area contributed by atoms with Crippen LogP contribution in [-0.2, 0) is 9.59 Å². The molecule has 3 amide bonds. The number of ether oxygens (including phenoxy) is 1. The number of rotatable bonds is 12. The number of benzene rings is 4. The molecule has 1 aromatic heterocycles. The van der Waals surface area contributed by atoms with E-state index in [1.165, 1.54) is 47.4 Å². The number of thioether (sulfide) groups is 1. The van der Waals surface area contributed by atoms with Crippen LogP contribution in [0.15, 0.2) is 102 Å². The van der Waals surface area contributed by atoms with Gasteiger partial charge in [0, 0.05) is 21.7 Å². The van der Waals surface area contributed by atoms with Crippen molar-refractivity contribution in [3.05, 3.63) is 119 Å². The third-order valence-corrected chi connectivity index (χ3v) is 9.37. The zero-order chi connectivity index (χ0) is 33.3. The maximum absolute atomic E-state index is 14.7. The minimum absolute atomic E-state index is 0.0448. The normalized spacial score (nSPS) is 12.0. The quantitative estimate of drug-likeness (QED) is 0.0897. The summed E-state index contributed by atoms with van der Waals surface area (Å²) in [6.07, 6.45) is 1.73. The molecule has 0 aliphatic carbocycles. The molecule has 240 valence electrons. The van der Waals surface area contributed by atoms with E-state index in [1.807, 2.05) is 38.1 Å². The van der Waals surface area contributed by atoms with E-state index in [0.29, 0.717) is 29.4 Å². The highest BCUT2D eigenvalue weighted by atomic mass is 35.5. The summed E-state index contributed by atoms with van der Waals surface area (Å²) in [6.45, 7) is 4.38. The second-order valence-corrected chi connectivity index (χ2v) is 12.8. The molecule has 1 atom stereocenters. The van der Waals surface area contributed by atoms with Crippen LogP contribution >= 0.6 is 34.7 Å². The molecule has 8 nitrogen and oxygen atoms in total. The molecule has 4 aromatic carbocycles. The predicted molar refractivity (Wildman–Crippen MR) is 188 cm³/mol. The Balaban J connectivity index is 1.31. The zero-order valence-electron chi connectivity index (χ0n) is 25.4. The van der Waals surface area contributed by atoms with Crippen molar-refractivity contribution in [2.24, 2.45) is 0 Å². The second-order valence-electron chi connectivity index (χ2n) is 10.1. The van der Waals surface area contributed by atoms with E-state index in [-0.39, 0.29) is 22.2 Å². The van der Waals surface area contributed by atoms with Crippen molar-refractivity contribution < 1.29 is 23.5 Å². The molecule has 0 aliphatic rings. The summed E-state index contributed by atoms with van der Waals surface area (Å²) in [7, 11) is 0. The summed E-state index contributed by atoms with van der Waals surface area (Å²) in [4.78, 5) is 45.0. The highest BCUT2D eigenvalue weighted by Gasteiger charge is 2.21. The summed E-state index contributed by atoms with van der Waals surface area (Å²) >= 11 is 8.93.